The Balaban J connectivity index is 1.26. The maximum atomic E-state index is 14.3. The molecule has 36 heavy (non-hydrogen) atoms. The van der Waals surface area contributed by atoms with Crippen molar-refractivity contribution in [3.8, 4) is 6.07 Å². The number of ether oxygens (including phenoxy) is 1. The van der Waals surface area contributed by atoms with Gasteiger partial charge in [-0.2, -0.15) is 5.26 Å². The number of hydrogen-bond donors (Lipinski definition) is 2. The molecule has 0 bridgehead atoms. The standard InChI is InChI=1S/C28H33FN6O/c1-4-34(10-8-30)23-13-20(12-22(29)15-23)14-25-27(36-25)33-26-16-24(11-18(2)32-26)35-9-7-28(17-31,19(35)3)21-5-6-21/h8,10-13,15-16,21,25,27H,3-7,9,14,30H2,1-2H3,(H,32,33)/b10-8-/t25?,27?,28-/m0/s1. The summed E-state index contributed by atoms with van der Waals surface area (Å²) < 4.78 is 20.2. The number of aromatic nitrogens is 1. The highest BCUT2D eigenvalue weighted by molar-refractivity contribution is 5.62. The van der Waals surface area contributed by atoms with E-state index in [9.17, 15) is 9.65 Å². The SMILES string of the molecule is C=C1N(c2cc(C)nc(NC3OC3Cc3cc(F)cc(N(/C=C\N)CC)c3)c2)CC[C@@]1(C#N)C1CC1. The van der Waals surface area contributed by atoms with Gasteiger partial charge in [0.05, 0.1) is 6.07 Å². The summed E-state index contributed by atoms with van der Waals surface area (Å²) in [7, 11) is 0. The van der Waals surface area contributed by atoms with Gasteiger partial charge < -0.3 is 25.6 Å². The second-order valence-electron chi connectivity index (χ2n) is 9.95. The predicted octanol–water partition coefficient (Wildman–Crippen LogP) is 4.81. The number of halogens is 1. The van der Waals surface area contributed by atoms with E-state index >= 15 is 0 Å². The highest BCUT2D eigenvalue weighted by atomic mass is 19.1. The van der Waals surface area contributed by atoms with Crippen LogP contribution < -0.4 is 20.9 Å². The van der Waals surface area contributed by atoms with E-state index in [2.05, 4.69) is 27.8 Å². The van der Waals surface area contributed by atoms with Gasteiger partial charge in [0, 0.05) is 60.7 Å². The fraction of sp³-hybridized carbons (Fsp3) is 0.429. The number of aryl methyl sites for hydroxylation is 1. The van der Waals surface area contributed by atoms with E-state index in [1.54, 1.807) is 12.3 Å². The number of benzene rings is 1. The normalized spacial score (nSPS) is 25.3. The Morgan fingerprint density at radius 3 is 2.86 bits per heavy atom. The highest BCUT2D eigenvalue weighted by Gasteiger charge is 2.52. The third kappa shape index (κ3) is 4.63. The van der Waals surface area contributed by atoms with Crippen LogP contribution in [-0.4, -0.2) is 30.4 Å². The number of rotatable bonds is 9. The summed E-state index contributed by atoms with van der Waals surface area (Å²) in [6, 6.07) is 11.6. The average Bonchev–Trinajstić information content (AvgIpc) is 3.77. The molecule has 3 aliphatic rings. The topological polar surface area (TPSA) is 93.7 Å². The van der Waals surface area contributed by atoms with Crippen LogP contribution in [0.1, 0.15) is 37.4 Å². The molecule has 0 amide bonds. The first-order valence-corrected chi connectivity index (χ1v) is 12.6. The van der Waals surface area contributed by atoms with Gasteiger partial charge in [-0.05, 0) is 68.9 Å². The summed E-state index contributed by atoms with van der Waals surface area (Å²) in [5.74, 6) is 0.864. The number of nitrogens with zero attached hydrogens (tertiary/aromatic N) is 4. The van der Waals surface area contributed by atoms with E-state index in [1.165, 1.54) is 12.3 Å². The third-order valence-corrected chi connectivity index (χ3v) is 7.48. The molecule has 0 radical (unpaired) electrons. The Morgan fingerprint density at radius 1 is 1.36 bits per heavy atom. The van der Waals surface area contributed by atoms with Crippen LogP contribution in [0, 0.1) is 35.4 Å². The van der Waals surface area contributed by atoms with Crippen molar-refractivity contribution in [2.24, 2.45) is 17.1 Å². The number of pyridine rings is 1. The molecular weight excluding hydrogens is 455 g/mol. The van der Waals surface area contributed by atoms with Gasteiger partial charge in [0.15, 0.2) is 6.23 Å². The number of epoxide rings is 1. The molecule has 3 heterocycles. The molecule has 0 spiro atoms. The quantitative estimate of drug-likeness (QED) is 0.489. The van der Waals surface area contributed by atoms with Crippen LogP contribution in [0.5, 0.6) is 0 Å². The van der Waals surface area contributed by atoms with Crippen LogP contribution in [-0.2, 0) is 11.2 Å². The first-order chi connectivity index (χ1) is 17.4. The van der Waals surface area contributed by atoms with Gasteiger partial charge >= 0.3 is 0 Å². The van der Waals surface area contributed by atoms with Crippen molar-refractivity contribution in [1.82, 2.24) is 4.98 Å². The average molecular weight is 489 g/mol. The number of nitriles is 1. The molecule has 3 fully saturated rings. The first kappa shape index (κ1) is 24.1. The lowest BCUT2D eigenvalue weighted by Crippen LogP contribution is -2.24. The Bertz CT molecular complexity index is 1240. The number of allylic oxidation sites excluding steroid dienone is 1. The molecule has 2 aliphatic heterocycles. The van der Waals surface area contributed by atoms with Gasteiger partial charge in [0.25, 0.3) is 0 Å². The molecular formula is C28H33FN6O. The Labute approximate surface area is 212 Å². The number of nitrogens with one attached hydrogen (secondary N) is 1. The Hall–Kier alpha value is -3.57. The van der Waals surface area contributed by atoms with Crippen LogP contribution in [0.25, 0.3) is 0 Å². The fourth-order valence-electron chi connectivity index (χ4n) is 5.40. The molecule has 1 aliphatic carbocycles. The zero-order chi connectivity index (χ0) is 25.4. The lowest BCUT2D eigenvalue weighted by atomic mass is 9.81. The second kappa shape index (κ2) is 9.47. The summed E-state index contributed by atoms with van der Waals surface area (Å²) in [6.45, 7) is 9.74. The van der Waals surface area contributed by atoms with Gasteiger partial charge in [-0.1, -0.05) is 6.58 Å². The number of anilines is 3. The van der Waals surface area contributed by atoms with E-state index in [4.69, 9.17) is 10.5 Å². The zero-order valence-corrected chi connectivity index (χ0v) is 20.9. The molecule has 2 unspecified atom stereocenters. The fourth-order valence-corrected chi connectivity index (χ4v) is 5.40. The van der Waals surface area contributed by atoms with Crippen LogP contribution in [0.2, 0.25) is 0 Å². The first-order valence-electron chi connectivity index (χ1n) is 12.6. The summed E-state index contributed by atoms with van der Waals surface area (Å²) in [6.07, 6.45) is 6.52. The molecule has 1 aromatic carbocycles. The minimum atomic E-state index is -0.438. The van der Waals surface area contributed by atoms with Crippen molar-refractivity contribution in [1.29, 1.82) is 5.26 Å². The van der Waals surface area contributed by atoms with E-state index in [0.717, 1.165) is 60.0 Å². The summed E-state index contributed by atoms with van der Waals surface area (Å²) in [5.41, 5.74) is 9.49. The minimum absolute atomic E-state index is 0.0756. The smallest absolute Gasteiger partial charge is 0.156 e. The van der Waals surface area contributed by atoms with Gasteiger partial charge in [0.2, 0.25) is 0 Å². The third-order valence-electron chi connectivity index (χ3n) is 7.48. The monoisotopic (exact) mass is 488 g/mol. The van der Waals surface area contributed by atoms with Crippen molar-refractivity contribution in [2.75, 3.05) is 28.2 Å². The van der Waals surface area contributed by atoms with Crippen LogP contribution in [0.4, 0.5) is 21.6 Å². The van der Waals surface area contributed by atoms with Crippen LogP contribution in [0.15, 0.2) is 55.0 Å². The maximum absolute atomic E-state index is 14.3. The molecule has 3 N–H and O–H groups in total. The molecule has 2 aromatic rings. The molecule has 1 saturated carbocycles. The Kier molecular flexibility index (Phi) is 6.35. The van der Waals surface area contributed by atoms with Crippen molar-refractivity contribution in [3.63, 3.8) is 0 Å². The van der Waals surface area contributed by atoms with Crippen LogP contribution >= 0.6 is 0 Å². The molecule has 7 nitrogen and oxygen atoms in total. The predicted molar refractivity (Wildman–Crippen MR) is 140 cm³/mol. The van der Waals surface area contributed by atoms with E-state index in [-0.39, 0.29) is 18.1 Å². The lowest BCUT2D eigenvalue weighted by Gasteiger charge is -2.26. The van der Waals surface area contributed by atoms with E-state index in [1.807, 2.05) is 36.9 Å². The molecule has 8 heteroatoms. The van der Waals surface area contributed by atoms with Crippen molar-refractivity contribution >= 4 is 17.2 Å². The maximum Gasteiger partial charge on any atom is 0.156 e. The molecule has 1 aromatic heterocycles. The number of nitrogens with two attached hydrogens (primary N) is 1. The van der Waals surface area contributed by atoms with Crippen molar-refractivity contribution in [3.05, 3.63) is 72.1 Å². The molecule has 3 atom stereocenters. The zero-order valence-electron chi connectivity index (χ0n) is 20.9. The molecule has 2 saturated heterocycles. The van der Waals surface area contributed by atoms with Gasteiger partial charge in [-0.3, -0.25) is 0 Å². The summed E-state index contributed by atoms with van der Waals surface area (Å²) in [5, 5.41) is 13.3. The van der Waals surface area contributed by atoms with Gasteiger partial charge in [-0.25, -0.2) is 9.37 Å². The summed E-state index contributed by atoms with van der Waals surface area (Å²) in [4.78, 5) is 8.70. The van der Waals surface area contributed by atoms with E-state index < -0.39 is 5.41 Å². The largest absolute Gasteiger partial charge is 0.403 e. The second-order valence-corrected chi connectivity index (χ2v) is 9.95. The highest BCUT2D eigenvalue weighted by Crippen LogP contribution is 2.56. The van der Waals surface area contributed by atoms with E-state index in [0.29, 0.717) is 18.9 Å². The van der Waals surface area contributed by atoms with Crippen LogP contribution in [0.3, 0.4) is 0 Å². The number of hydrogen-bond acceptors (Lipinski definition) is 7. The minimum Gasteiger partial charge on any atom is -0.403 e. The summed E-state index contributed by atoms with van der Waals surface area (Å²) >= 11 is 0. The Morgan fingerprint density at radius 2 is 2.17 bits per heavy atom. The lowest BCUT2D eigenvalue weighted by molar-refractivity contribution is 0.380. The van der Waals surface area contributed by atoms with Gasteiger partial charge in [-0.15, -0.1) is 0 Å². The molecule has 5 rings (SSSR count). The van der Waals surface area contributed by atoms with Crippen molar-refractivity contribution < 1.29 is 9.13 Å². The molecule has 188 valence electrons. The van der Waals surface area contributed by atoms with Gasteiger partial charge in [0.1, 0.15) is 23.2 Å². The van der Waals surface area contributed by atoms with Crippen molar-refractivity contribution in [2.45, 2.75) is 51.9 Å².